The summed E-state index contributed by atoms with van der Waals surface area (Å²) < 4.78 is 12.2. The molecule has 4 aromatic rings. The molecular formula is C29H32N4O4S2. The first-order chi connectivity index (χ1) is 18.7. The first kappa shape index (κ1) is 28.4. The zero-order valence-electron chi connectivity index (χ0n) is 22.9. The fourth-order valence-electron chi connectivity index (χ4n) is 4.04. The smallest absolute Gasteiger partial charge is 0.341 e. The van der Waals surface area contributed by atoms with Gasteiger partial charge < -0.3 is 19.4 Å². The van der Waals surface area contributed by atoms with Crippen LogP contribution in [0.5, 0.6) is 5.75 Å². The van der Waals surface area contributed by atoms with E-state index in [1.54, 1.807) is 7.11 Å². The van der Waals surface area contributed by atoms with Crippen molar-refractivity contribution in [2.75, 3.05) is 25.3 Å². The number of carbonyl (C=O) groups is 2. The van der Waals surface area contributed by atoms with Crippen molar-refractivity contribution in [2.24, 2.45) is 0 Å². The number of hydrogen-bond acceptors (Lipinski definition) is 8. The average molecular weight is 565 g/mol. The molecule has 1 N–H and O–H groups in total. The summed E-state index contributed by atoms with van der Waals surface area (Å²) in [6.45, 7) is 9.23. The molecule has 0 radical (unpaired) electrons. The maximum Gasteiger partial charge on any atom is 0.341 e. The van der Waals surface area contributed by atoms with Crippen molar-refractivity contribution in [3.05, 3.63) is 65.0 Å². The number of anilines is 1. The van der Waals surface area contributed by atoms with Gasteiger partial charge in [-0.25, -0.2) is 4.79 Å². The van der Waals surface area contributed by atoms with Crippen molar-refractivity contribution in [3.8, 4) is 28.3 Å². The first-order valence-corrected chi connectivity index (χ1v) is 14.3. The number of esters is 1. The molecule has 0 unspecified atom stereocenters. The van der Waals surface area contributed by atoms with Crippen LogP contribution >= 0.6 is 23.1 Å². The third-order valence-electron chi connectivity index (χ3n) is 6.21. The van der Waals surface area contributed by atoms with Crippen LogP contribution in [0.25, 0.3) is 22.5 Å². The van der Waals surface area contributed by atoms with E-state index in [2.05, 4.69) is 60.6 Å². The van der Waals surface area contributed by atoms with Gasteiger partial charge in [-0.2, -0.15) is 0 Å². The van der Waals surface area contributed by atoms with Crippen LogP contribution in [0.3, 0.4) is 0 Å². The topological polar surface area (TPSA) is 95.3 Å². The van der Waals surface area contributed by atoms with Gasteiger partial charge in [0, 0.05) is 23.1 Å². The maximum absolute atomic E-state index is 12.9. The van der Waals surface area contributed by atoms with Crippen LogP contribution in [0.2, 0.25) is 0 Å². The van der Waals surface area contributed by atoms with Crippen LogP contribution in [0.4, 0.5) is 5.00 Å². The largest absolute Gasteiger partial charge is 0.497 e. The number of thioether (sulfide) groups is 1. The highest BCUT2D eigenvalue weighted by Crippen LogP contribution is 2.37. The minimum atomic E-state index is -0.516. The van der Waals surface area contributed by atoms with Gasteiger partial charge in [-0.05, 0) is 35.6 Å². The summed E-state index contributed by atoms with van der Waals surface area (Å²) >= 11 is 2.58. The molecule has 0 fully saturated rings. The number of rotatable bonds is 9. The molecule has 0 aliphatic rings. The number of nitrogens with zero attached hydrogens (tertiary/aromatic N) is 3. The van der Waals surface area contributed by atoms with Gasteiger partial charge >= 0.3 is 5.97 Å². The molecule has 0 saturated carbocycles. The van der Waals surface area contributed by atoms with Gasteiger partial charge in [0.25, 0.3) is 0 Å². The molecule has 2 aromatic carbocycles. The van der Waals surface area contributed by atoms with E-state index in [9.17, 15) is 9.59 Å². The lowest BCUT2D eigenvalue weighted by Crippen LogP contribution is -2.16. The van der Waals surface area contributed by atoms with E-state index in [4.69, 9.17) is 9.47 Å². The minimum Gasteiger partial charge on any atom is -0.497 e. The van der Waals surface area contributed by atoms with E-state index in [1.165, 1.54) is 35.8 Å². The average Bonchev–Trinajstić information content (AvgIpc) is 3.55. The number of aromatic nitrogens is 3. The van der Waals surface area contributed by atoms with Crippen molar-refractivity contribution in [2.45, 2.75) is 44.8 Å². The maximum atomic E-state index is 12.9. The number of methoxy groups -OCH3 is 2. The first-order valence-electron chi connectivity index (χ1n) is 12.5. The van der Waals surface area contributed by atoms with Crippen LogP contribution in [0, 0.1) is 0 Å². The van der Waals surface area contributed by atoms with Gasteiger partial charge in [-0.1, -0.05) is 68.9 Å². The molecule has 0 bridgehead atoms. The Morgan fingerprint density at radius 1 is 1.00 bits per heavy atom. The Bertz CT molecular complexity index is 1450. The molecule has 0 saturated heterocycles. The van der Waals surface area contributed by atoms with E-state index in [0.29, 0.717) is 33.6 Å². The quantitative estimate of drug-likeness (QED) is 0.183. The molecule has 2 heterocycles. The van der Waals surface area contributed by atoms with Gasteiger partial charge in [-0.15, -0.1) is 21.5 Å². The second-order valence-corrected chi connectivity index (χ2v) is 11.6. The zero-order valence-corrected chi connectivity index (χ0v) is 24.5. The standard InChI is InChI=1S/C29H32N4O4S2/c1-7-33-25(19-8-12-20(13-9-19)29(2,3)4)31-32-28(33)39-17-23(34)30-26-24(27(35)37-6)22(16-38-26)18-10-14-21(36-5)15-11-18/h8-16H,7,17H2,1-6H3,(H,30,34). The summed E-state index contributed by atoms with van der Waals surface area (Å²) in [6, 6.07) is 15.7. The lowest BCUT2D eigenvalue weighted by Gasteiger charge is -2.19. The third kappa shape index (κ3) is 6.34. The molecule has 2 aromatic heterocycles. The molecule has 204 valence electrons. The highest BCUT2D eigenvalue weighted by molar-refractivity contribution is 7.99. The van der Waals surface area contributed by atoms with E-state index < -0.39 is 5.97 Å². The Hall–Kier alpha value is -3.63. The van der Waals surface area contributed by atoms with Gasteiger partial charge in [0.05, 0.1) is 20.0 Å². The molecule has 1 amide bonds. The van der Waals surface area contributed by atoms with E-state index >= 15 is 0 Å². The van der Waals surface area contributed by atoms with Gasteiger partial charge in [0.15, 0.2) is 11.0 Å². The highest BCUT2D eigenvalue weighted by Gasteiger charge is 2.23. The van der Waals surface area contributed by atoms with Crippen LogP contribution in [-0.2, 0) is 21.5 Å². The van der Waals surface area contributed by atoms with Crippen LogP contribution in [0.1, 0.15) is 43.6 Å². The van der Waals surface area contributed by atoms with Crippen molar-refractivity contribution in [3.63, 3.8) is 0 Å². The SMILES string of the molecule is CCn1c(SCC(=O)Nc2scc(-c3ccc(OC)cc3)c2C(=O)OC)nnc1-c1ccc(C(C)(C)C)cc1. The molecule has 8 nitrogen and oxygen atoms in total. The van der Waals surface area contributed by atoms with Crippen molar-refractivity contribution >= 4 is 40.0 Å². The number of amides is 1. The van der Waals surface area contributed by atoms with Gasteiger partial charge in [0.2, 0.25) is 5.91 Å². The number of nitrogens with one attached hydrogen (secondary N) is 1. The summed E-state index contributed by atoms with van der Waals surface area (Å²) in [4.78, 5) is 25.6. The fraction of sp³-hybridized carbons (Fsp3) is 0.310. The number of ether oxygens (including phenoxy) is 2. The Labute approximate surface area is 236 Å². The van der Waals surface area contributed by atoms with Gasteiger partial charge in [-0.3, -0.25) is 4.79 Å². The van der Waals surface area contributed by atoms with Crippen LogP contribution < -0.4 is 10.1 Å². The molecule has 0 aliphatic heterocycles. The molecule has 10 heteroatoms. The number of benzene rings is 2. The van der Waals surface area contributed by atoms with Gasteiger partial charge in [0.1, 0.15) is 16.3 Å². The minimum absolute atomic E-state index is 0.0665. The zero-order chi connectivity index (χ0) is 28.2. The van der Waals surface area contributed by atoms with Crippen LogP contribution in [0.15, 0.2) is 59.1 Å². The van der Waals surface area contributed by atoms with E-state index in [0.717, 1.165) is 17.0 Å². The summed E-state index contributed by atoms with van der Waals surface area (Å²) in [5, 5.41) is 14.6. The highest BCUT2D eigenvalue weighted by atomic mass is 32.2. The Morgan fingerprint density at radius 2 is 1.67 bits per heavy atom. The molecular weight excluding hydrogens is 532 g/mol. The third-order valence-corrected chi connectivity index (χ3v) is 8.07. The van der Waals surface area contributed by atoms with E-state index in [1.807, 2.05) is 41.1 Å². The number of hydrogen-bond donors (Lipinski definition) is 1. The Kier molecular flexibility index (Phi) is 8.76. The normalized spacial score (nSPS) is 11.3. The number of thiophene rings is 1. The molecule has 0 atom stereocenters. The molecule has 4 rings (SSSR count). The lowest BCUT2D eigenvalue weighted by molar-refractivity contribution is -0.113. The summed E-state index contributed by atoms with van der Waals surface area (Å²) in [5.74, 6) is 0.811. The second kappa shape index (κ2) is 12.0. The Morgan fingerprint density at radius 3 is 2.26 bits per heavy atom. The van der Waals surface area contributed by atoms with E-state index in [-0.39, 0.29) is 17.1 Å². The summed E-state index contributed by atoms with van der Waals surface area (Å²) in [7, 11) is 2.92. The molecule has 0 spiro atoms. The molecule has 0 aliphatic carbocycles. The van der Waals surface area contributed by atoms with Crippen molar-refractivity contribution in [1.82, 2.24) is 14.8 Å². The number of carbonyl (C=O) groups excluding carboxylic acids is 2. The second-order valence-electron chi connectivity index (χ2n) is 9.79. The predicted molar refractivity (Wildman–Crippen MR) is 157 cm³/mol. The predicted octanol–water partition coefficient (Wildman–Crippen LogP) is 6.52. The van der Waals surface area contributed by atoms with Crippen molar-refractivity contribution in [1.29, 1.82) is 0 Å². The summed E-state index contributed by atoms with van der Waals surface area (Å²) in [5.41, 5.74) is 4.11. The Balaban J connectivity index is 1.49. The lowest BCUT2D eigenvalue weighted by atomic mass is 9.87. The molecule has 39 heavy (non-hydrogen) atoms. The monoisotopic (exact) mass is 564 g/mol. The van der Waals surface area contributed by atoms with Crippen molar-refractivity contribution < 1.29 is 19.1 Å². The fourth-order valence-corrected chi connectivity index (χ4v) is 5.82. The summed E-state index contributed by atoms with van der Waals surface area (Å²) in [6.07, 6.45) is 0. The van der Waals surface area contributed by atoms with Crippen LogP contribution in [-0.4, -0.2) is 46.6 Å².